The second-order valence-corrected chi connectivity index (χ2v) is 4.82. The normalized spacial score (nSPS) is 16.9. The predicted octanol–water partition coefficient (Wildman–Crippen LogP) is 2.86. The molecule has 0 radical (unpaired) electrons. The van der Waals surface area contributed by atoms with Gasteiger partial charge in [0.1, 0.15) is 11.9 Å². The van der Waals surface area contributed by atoms with E-state index in [-0.39, 0.29) is 12.1 Å². The van der Waals surface area contributed by atoms with Crippen LogP contribution in [0.2, 0.25) is 0 Å². The van der Waals surface area contributed by atoms with E-state index in [0.717, 1.165) is 22.6 Å². The monoisotopic (exact) mass is 268 g/mol. The molecule has 0 saturated carbocycles. The number of aryl methyl sites for hydroxylation is 1. The molecule has 2 aromatic carbocycles. The van der Waals surface area contributed by atoms with Crippen molar-refractivity contribution < 1.29 is 9.53 Å². The third kappa shape index (κ3) is 2.09. The number of carbonyl (C=O) groups excluding carboxylic acids is 1. The highest BCUT2D eigenvalue weighted by Gasteiger charge is 2.25. The van der Waals surface area contributed by atoms with Gasteiger partial charge < -0.3 is 15.4 Å². The minimum absolute atomic E-state index is 0.0525. The van der Waals surface area contributed by atoms with Crippen molar-refractivity contribution in [2.24, 2.45) is 0 Å². The number of hydrogen-bond acceptors (Lipinski definition) is 3. The fourth-order valence-corrected chi connectivity index (χ4v) is 2.40. The number of para-hydroxylation sites is 1. The molecule has 1 atom stereocenters. The van der Waals surface area contributed by atoms with Crippen LogP contribution < -0.4 is 15.4 Å². The molecule has 2 N–H and O–H groups in total. The van der Waals surface area contributed by atoms with Crippen LogP contribution in [0.3, 0.4) is 0 Å². The molecule has 1 aliphatic heterocycles. The Morgan fingerprint density at radius 2 is 1.80 bits per heavy atom. The van der Waals surface area contributed by atoms with E-state index in [9.17, 15) is 4.79 Å². The van der Waals surface area contributed by atoms with Crippen LogP contribution in [0.25, 0.3) is 0 Å². The van der Waals surface area contributed by atoms with E-state index in [1.807, 2.05) is 49.4 Å². The lowest BCUT2D eigenvalue weighted by Crippen LogP contribution is -2.38. The number of amides is 1. The van der Waals surface area contributed by atoms with E-state index in [0.29, 0.717) is 5.56 Å². The lowest BCUT2D eigenvalue weighted by atomic mass is 10.0. The maximum atomic E-state index is 12.2. The van der Waals surface area contributed by atoms with Crippen molar-refractivity contribution in [2.45, 2.75) is 13.1 Å². The fourth-order valence-electron chi connectivity index (χ4n) is 2.40. The molecular weight excluding hydrogens is 252 g/mol. The summed E-state index contributed by atoms with van der Waals surface area (Å²) in [6.45, 7) is 2.00. The number of nitrogens with one attached hydrogen (secondary N) is 2. The zero-order valence-electron chi connectivity index (χ0n) is 11.4. The van der Waals surface area contributed by atoms with E-state index in [4.69, 9.17) is 4.74 Å². The lowest BCUT2D eigenvalue weighted by Gasteiger charge is -2.29. The molecule has 102 valence electrons. The van der Waals surface area contributed by atoms with Crippen LogP contribution in [0, 0.1) is 6.92 Å². The molecule has 1 amide bonds. The van der Waals surface area contributed by atoms with Gasteiger partial charge in [0.2, 0.25) is 0 Å². The van der Waals surface area contributed by atoms with E-state index < -0.39 is 0 Å². The van der Waals surface area contributed by atoms with Gasteiger partial charge in [0.25, 0.3) is 5.91 Å². The Hall–Kier alpha value is -2.49. The van der Waals surface area contributed by atoms with Gasteiger partial charge in [0, 0.05) is 0 Å². The van der Waals surface area contributed by atoms with Crippen LogP contribution in [0.4, 0.5) is 5.69 Å². The maximum absolute atomic E-state index is 12.2. The molecule has 3 rings (SSSR count). The number of ether oxygens (including phenoxy) is 1. The smallest absolute Gasteiger partial charge is 0.255 e. The first-order chi connectivity index (χ1) is 9.69. The van der Waals surface area contributed by atoms with E-state index >= 15 is 0 Å². The highest BCUT2D eigenvalue weighted by atomic mass is 16.5. The molecule has 0 spiro atoms. The molecule has 20 heavy (non-hydrogen) atoms. The summed E-state index contributed by atoms with van der Waals surface area (Å²) >= 11 is 0. The van der Waals surface area contributed by atoms with Gasteiger partial charge in [0.15, 0.2) is 0 Å². The molecular formula is C16H16N2O2. The van der Waals surface area contributed by atoms with Gasteiger partial charge in [-0.3, -0.25) is 4.79 Å². The summed E-state index contributed by atoms with van der Waals surface area (Å²) in [5.74, 6) is 0.746. The molecule has 0 unspecified atom stereocenters. The van der Waals surface area contributed by atoms with Crippen molar-refractivity contribution in [3.8, 4) is 5.75 Å². The van der Waals surface area contributed by atoms with Gasteiger partial charge in [-0.2, -0.15) is 0 Å². The number of rotatable bonds is 2. The Labute approximate surface area is 117 Å². The number of hydrogen-bond donors (Lipinski definition) is 2. The summed E-state index contributed by atoms with van der Waals surface area (Å²) in [6, 6.07) is 13.4. The number of carbonyl (C=O) groups is 1. The van der Waals surface area contributed by atoms with Crippen molar-refractivity contribution in [3.05, 3.63) is 59.2 Å². The summed E-state index contributed by atoms with van der Waals surface area (Å²) in [6.07, 6.45) is -0.220. The summed E-state index contributed by atoms with van der Waals surface area (Å²) in [5.41, 5.74) is 3.65. The number of fused-ring (bicyclic) bond motifs is 1. The van der Waals surface area contributed by atoms with Gasteiger partial charge >= 0.3 is 0 Å². The molecule has 0 saturated heterocycles. The summed E-state index contributed by atoms with van der Waals surface area (Å²) < 4.78 is 5.15. The zero-order chi connectivity index (χ0) is 14.1. The Balaban J connectivity index is 1.94. The first kappa shape index (κ1) is 12.5. The molecule has 4 heteroatoms. The minimum atomic E-state index is -0.220. The Morgan fingerprint density at radius 3 is 2.50 bits per heavy atom. The first-order valence-corrected chi connectivity index (χ1v) is 6.50. The molecule has 1 heterocycles. The van der Waals surface area contributed by atoms with Crippen molar-refractivity contribution >= 4 is 11.6 Å². The molecule has 0 fully saturated rings. The molecule has 2 aromatic rings. The maximum Gasteiger partial charge on any atom is 0.255 e. The van der Waals surface area contributed by atoms with Crippen LogP contribution in [-0.2, 0) is 0 Å². The van der Waals surface area contributed by atoms with Crippen molar-refractivity contribution in [1.29, 1.82) is 0 Å². The van der Waals surface area contributed by atoms with Crippen LogP contribution in [0.5, 0.6) is 5.75 Å². The molecule has 0 aromatic heterocycles. The van der Waals surface area contributed by atoms with E-state index in [2.05, 4.69) is 10.6 Å². The number of anilines is 1. The van der Waals surface area contributed by atoms with Crippen LogP contribution >= 0.6 is 0 Å². The number of benzene rings is 2. The van der Waals surface area contributed by atoms with Crippen molar-refractivity contribution in [3.63, 3.8) is 0 Å². The summed E-state index contributed by atoms with van der Waals surface area (Å²) in [4.78, 5) is 12.2. The zero-order valence-corrected chi connectivity index (χ0v) is 11.4. The highest BCUT2D eigenvalue weighted by molar-refractivity contribution is 6.02. The van der Waals surface area contributed by atoms with Gasteiger partial charge in [-0.05, 0) is 36.2 Å². The average Bonchev–Trinajstić information content (AvgIpc) is 2.48. The quantitative estimate of drug-likeness (QED) is 0.880. The third-order valence-corrected chi connectivity index (χ3v) is 3.53. The topological polar surface area (TPSA) is 50.4 Å². The molecule has 4 nitrogen and oxygen atoms in total. The molecule has 0 bridgehead atoms. The Bertz CT molecular complexity index is 650. The van der Waals surface area contributed by atoms with Gasteiger partial charge in [-0.1, -0.05) is 24.3 Å². The largest absolute Gasteiger partial charge is 0.497 e. The van der Waals surface area contributed by atoms with Gasteiger partial charge in [0.05, 0.1) is 18.4 Å². The van der Waals surface area contributed by atoms with Crippen LogP contribution in [-0.4, -0.2) is 13.0 Å². The SMILES string of the molecule is COc1ccc([C@@H]2NC(=O)c3cccc(C)c3N2)cc1. The Morgan fingerprint density at radius 1 is 1.05 bits per heavy atom. The second-order valence-electron chi connectivity index (χ2n) is 4.82. The van der Waals surface area contributed by atoms with Gasteiger partial charge in [-0.15, -0.1) is 0 Å². The lowest BCUT2D eigenvalue weighted by molar-refractivity contribution is 0.0935. The number of methoxy groups -OCH3 is 1. The van der Waals surface area contributed by atoms with Crippen LogP contribution in [0.15, 0.2) is 42.5 Å². The van der Waals surface area contributed by atoms with Gasteiger partial charge in [-0.25, -0.2) is 0 Å². The summed E-state index contributed by atoms with van der Waals surface area (Å²) in [7, 11) is 1.63. The van der Waals surface area contributed by atoms with Crippen molar-refractivity contribution in [1.82, 2.24) is 5.32 Å². The highest BCUT2D eigenvalue weighted by Crippen LogP contribution is 2.29. The van der Waals surface area contributed by atoms with E-state index in [1.54, 1.807) is 7.11 Å². The average molecular weight is 268 g/mol. The summed E-state index contributed by atoms with van der Waals surface area (Å²) in [5, 5.41) is 6.34. The third-order valence-electron chi connectivity index (χ3n) is 3.53. The van der Waals surface area contributed by atoms with Crippen molar-refractivity contribution in [2.75, 3.05) is 12.4 Å². The predicted molar refractivity (Wildman–Crippen MR) is 78.0 cm³/mol. The fraction of sp³-hybridized carbons (Fsp3) is 0.188. The standard InChI is InChI=1S/C16H16N2O2/c1-10-4-3-5-13-14(10)17-15(18-16(13)19)11-6-8-12(20-2)9-7-11/h3-9,15,17H,1-2H3,(H,18,19)/t15-/m0/s1. The first-order valence-electron chi connectivity index (χ1n) is 6.50. The minimum Gasteiger partial charge on any atom is -0.497 e. The second kappa shape index (κ2) is 4.89. The van der Waals surface area contributed by atoms with E-state index in [1.165, 1.54) is 0 Å². The Kier molecular flexibility index (Phi) is 3.06. The van der Waals surface area contributed by atoms with Crippen LogP contribution in [0.1, 0.15) is 27.7 Å². The molecule has 1 aliphatic rings. The molecule has 0 aliphatic carbocycles.